The molecule has 0 atom stereocenters. The summed E-state index contributed by atoms with van der Waals surface area (Å²) in [5, 5.41) is 13.2. The number of hydrogen-bond acceptors (Lipinski definition) is 6. The first-order valence-corrected chi connectivity index (χ1v) is 10.1. The summed E-state index contributed by atoms with van der Waals surface area (Å²) >= 11 is 6.14. The number of amides is 4. The summed E-state index contributed by atoms with van der Waals surface area (Å²) in [6.07, 6.45) is 1.22. The van der Waals surface area contributed by atoms with Crippen molar-refractivity contribution in [3.63, 3.8) is 0 Å². The Balaban J connectivity index is 1.68. The van der Waals surface area contributed by atoms with Crippen molar-refractivity contribution in [2.45, 2.75) is 13.8 Å². The van der Waals surface area contributed by atoms with Crippen LogP contribution in [0.4, 0.5) is 16.2 Å². The van der Waals surface area contributed by atoms with Gasteiger partial charge in [-0.1, -0.05) is 17.7 Å². The first-order chi connectivity index (χ1) is 15.6. The van der Waals surface area contributed by atoms with Crippen LogP contribution in [0.3, 0.4) is 0 Å². The molecule has 0 bridgehead atoms. The molecule has 0 radical (unpaired) electrons. The van der Waals surface area contributed by atoms with Crippen LogP contribution in [0.2, 0.25) is 5.02 Å². The lowest BCUT2D eigenvalue weighted by atomic mass is 10.1. The van der Waals surface area contributed by atoms with Crippen LogP contribution >= 0.6 is 11.6 Å². The maximum Gasteiger partial charge on any atom is 0.335 e. The van der Waals surface area contributed by atoms with Crippen LogP contribution in [-0.4, -0.2) is 22.8 Å². The molecule has 3 aromatic rings. The van der Waals surface area contributed by atoms with Gasteiger partial charge < -0.3 is 4.42 Å². The summed E-state index contributed by atoms with van der Waals surface area (Å²) in [6.45, 7) is 3.66. The molecular weight excluding hydrogens is 450 g/mol. The molecular formula is C23H16ClN3O6. The molecule has 33 heavy (non-hydrogen) atoms. The number of anilines is 1. The Hall–Kier alpha value is -4.24. The van der Waals surface area contributed by atoms with Gasteiger partial charge >= 0.3 is 6.03 Å². The van der Waals surface area contributed by atoms with Crippen LogP contribution in [0.1, 0.15) is 16.9 Å². The number of nitrogens with zero attached hydrogens (tertiary/aromatic N) is 2. The molecule has 2 aromatic carbocycles. The molecule has 10 heteroatoms. The van der Waals surface area contributed by atoms with Crippen LogP contribution < -0.4 is 10.2 Å². The summed E-state index contributed by atoms with van der Waals surface area (Å²) in [6, 6.07) is 11.4. The molecule has 0 spiro atoms. The summed E-state index contributed by atoms with van der Waals surface area (Å²) in [7, 11) is 0. The van der Waals surface area contributed by atoms with Crippen molar-refractivity contribution >= 4 is 46.9 Å². The van der Waals surface area contributed by atoms with E-state index >= 15 is 0 Å². The molecule has 1 aliphatic rings. The molecule has 0 saturated carbocycles. The fourth-order valence-corrected chi connectivity index (χ4v) is 3.77. The smallest absolute Gasteiger partial charge is 0.335 e. The van der Waals surface area contributed by atoms with Crippen molar-refractivity contribution in [2.24, 2.45) is 0 Å². The molecule has 1 fully saturated rings. The van der Waals surface area contributed by atoms with Crippen molar-refractivity contribution in [3.05, 3.63) is 86.1 Å². The largest absolute Gasteiger partial charge is 0.457 e. The minimum Gasteiger partial charge on any atom is -0.457 e. The van der Waals surface area contributed by atoms with Crippen LogP contribution in [0, 0.1) is 24.0 Å². The topological polar surface area (TPSA) is 123 Å². The number of barbiturate groups is 1. The number of carbonyl (C=O) groups excluding carboxylic acids is 3. The van der Waals surface area contributed by atoms with E-state index < -0.39 is 22.8 Å². The number of rotatable bonds is 4. The van der Waals surface area contributed by atoms with Gasteiger partial charge in [0.1, 0.15) is 17.1 Å². The van der Waals surface area contributed by atoms with Crippen LogP contribution in [-0.2, 0) is 9.59 Å². The Kier molecular flexibility index (Phi) is 5.57. The number of benzene rings is 2. The number of non-ortho nitro benzene ring substituents is 1. The number of hydrogen-bond donors (Lipinski definition) is 1. The molecule has 4 rings (SSSR count). The Morgan fingerprint density at radius 2 is 1.73 bits per heavy atom. The van der Waals surface area contributed by atoms with Gasteiger partial charge in [0.25, 0.3) is 17.5 Å². The maximum atomic E-state index is 13.1. The van der Waals surface area contributed by atoms with E-state index in [2.05, 4.69) is 5.32 Å². The lowest BCUT2D eigenvalue weighted by Crippen LogP contribution is -2.54. The van der Waals surface area contributed by atoms with Gasteiger partial charge in [0.2, 0.25) is 0 Å². The minimum absolute atomic E-state index is 0.107. The highest BCUT2D eigenvalue weighted by Crippen LogP contribution is 2.33. The monoisotopic (exact) mass is 465 g/mol. The van der Waals surface area contributed by atoms with E-state index in [9.17, 15) is 24.5 Å². The number of aryl methyl sites for hydroxylation is 2. The molecule has 1 aliphatic heterocycles. The third kappa shape index (κ3) is 4.26. The lowest BCUT2D eigenvalue weighted by Gasteiger charge is -2.26. The number of urea groups is 1. The van der Waals surface area contributed by atoms with Gasteiger partial charge in [-0.3, -0.25) is 25.0 Å². The Morgan fingerprint density at radius 1 is 1.03 bits per heavy atom. The molecule has 0 aliphatic carbocycles. The van der Waals surface area contributed by atoms with Gasteiger partial charge in [0, 0.05) is 17.7 Å². The average molecular weight is 466 g/mol. The molecule has 4 amide bonds. The van der Waals surface area contributed by atoms with Gasteiger partial charge in [-0.15, -0.1) is 0 Å². The van der Waals surface area contributed by atoms with E-state index in [1.807, 2.05) is 19.9 Å². The third-order valence-corrected chi connectivity index (χ3v) is 5.22. The number of halogens is 1. The Labute approximate surface area is 192 Å². The molecule has 9 nitrogen and oxygen atoms in total. The summed E-state index contributed by atoms with van der Waals surface area (Å²) < 4.78 is 5.69. The summed E-state index contributed by atoms with van der Waals surface area (Å²) in [5.74, 6) is -1.20. The molecule has 1 saturated heterocycles. The zero-order valence-electron chi connectivity index (χ0n) is 17.4. The third-order valence-electron chi connectivity index (χ3n) is 4.91. The normalized spacial score (nSPS) is 15.2. The number of nitro groups is 1. The van der Waals surface area contributed by atoms with Gasteiger partial charge in [0.15, 0.2) is 0 Å². The average Bonchev–Trinajstić information content (AvgIpc) is 3.18. The van der Waals surface area contributed by atoms with Gasteiger partial charge in [0.05, 0.1) is 15.6 Å². The van der Waals surface area contributed by atoms with Gasteiger partial charge in [-0.2, -0.15) is 0 Å². The fourth-order valence-electron chi connectivity index (χ4n) is 3.51. The number of nitrogens with one attached hydrogen (secondary N) is 1. The predicted octanol–water partition coefficient (Wildman–Crippen LogP) is 4.79. The van der Waals surface area contributed by atoms with Gasteiger partial charge in [-0.05, 0) is 61.4 Å². The second kappa shape index (κ2) is 8.36. The number of nitro benzene ring substituents is 1. The lowest BCUT2D eigenvalue weighted by molar-refractivity contribution is -0.384. The molecule has 166 valence electrons. The number of furan rings is 1. The minimum atomic E-state index is -0.850. The summed E-state index contributed by atoms with van der Waals surface area (Å²) in [4.78, 5) is 49.1. The highest BCUT2D eigenvalue weighted by atomic mass is 35.5. The Bertz CT molecular complexity index is 1350. The molecule has 0 unspecified atom stereocenters. The second-order valence-corrected chi connectivity index (χ2v) is 7.83. The van der Waals surface area contributed by atoms with E-state index in [-0.39, 0.29) is 27.8 Å². The first-order valence-electron chi connectivity index (χ1n) is 9.68. The summed E-state index contributed by atoms with van der Waals surface area (Å²) in [5.41, 5.74) is 1.99. The van der Waals surface area contributed by atoms with E-state index in [1.54, 1.807) is 18.2 Å². The van der Waals surface area contributed by atoms with E-state index in [4.69, 9.17) is 16.0 Å². The molecule has 1 N–H and O–H groups in total. The molecule has 1 aromatic heterocycles. The van der Waals surface area contributed by atoms with Crippen molar-refractivity contribution in [3.8, 4) is 11.3 Å². The van der Waals surface area contributed by atoms with Crippen molar-refractivity contribution in [1.29, 1.82) is 0 Å². The van der Waals surface area contributed by atoms with Gasteiger partial charge in [-0.25, -0.2) is 9.69 Å². The number of imide groups is 2. The SMILES string of the molecule is Cc1cc(C)cc(N2C(=O)NC(=O)/C(=C\c3ccc(-c4ccc([N+](=O)[O-])cc4Cl)o3)C2=O)c1. The first kappa shape index (κ1) is 22.0. The second-order valence-electron chi connectivity index (χ2n) is 7.43. The van der Waals surface area contributed by atoms with Crippen LogP contribution in [0.5, 0.6) is 0 Å². The highest BCUT2D eigenvalue weighted by molar-refractivity contribution is 6.39. The van der Waals surface area contributed by atoms with Crippen LogP contribution in [0.25, 0.3) is 17.4 Å². The zero-order chi connectivity index (χ0) is 23.9. The van der Waals surface area contributed by atoms with E-state index in [1.165, 1.54) is 30.3 Å². The van der Waals surface area contributed by atoms with Crippen molar-refractivity contribution in [1.82, 2.24) is 5.32 Å². The van der Waals surface area contributed by atoms with Crippen molar-refractivity contribution in [2.75, 3.05) is 4.90 Å². The van der Waals surface area contributed by atoms with E-state index in [0.29, 0.717) is 11.3 Å². The zero-order valence-corrected chi connectivity index (χ0v) is 18.2. The highest BCUT2D eigenvalue weighted by Gasteiger charge is 2.37. The predicted molar refractivity (Wildman–Crippen MR) is 121 cm³/mol. The van der Waals surface area contributed by atoms with E-state index in [0.717, 1.165) is 16.0 Å². The molecule has 2 heterocycles. The van der Waals surface area contributed by atoms with Crippen LogP contribution in [0.15, 0.2) is 58.5 Å². The quantitative estimate of drug-likeness (QED) is 0.256. The van der Waals surface area contributed by atoms with Crippen molar-refractivity contribution < 1.29 is 23.7 Å². The fraction of sp³-hybridized carbons (Fsp3) is 0.0870. The Morgan fingerprint density at radius 3 is 2.36 bits per heavy atom. The standard InChI is InChI=1S/C23H16ClN3O6/c1-12-7-13(2)9-15(8-12)26-22(29)18(21(28)25-23(26)30)11-16-4-6-20(33-16)17-5-3-14(27(31)32)10-19(17)24/h3-11H,1-2H3,(H,25,28,30)/b18-11+. The maximum absolute atomic E-state index is 13.1. The number of carbonyl (C=O) groups is 3.